The topological polar surface area (TPSA) is 107 Å². The molecule has 0 heterocycles. The van der Waals surface area contributed by atoms with Crippen molar-refractivity contribution in [3.05, 3.63) is 44.0 Å². The quantitative estimate of drug-likeness (QED) is 0.456. The third kappa shape index (κ3) is 3.77. The van der Waals surface area contributed by atoms with Crippen molar-refractivity contribution in [3.8, 4) is 0 Å². The lowest BCUT2D eigenvalue weighted by molar-refractivity contribution is -0.422. The molecule has 0 aliphatic heterocycles. The molecule has 7 heteroatoms. The maximum absolute atomic E-state index is 10.7. The number of nitrogens with zero attached hydrogens (tertiary/aromatic N) is 2. The standard InChI is InChI=1S/C11H14N2O5/c14-7-3-1-2-4-9-5-6-10(12(15)16)11(8-9)13(17)18/h5-6,8,14H,1-4,7H2. The molecule has 0 bridgehead atoms. The van der Waals surface area contributed by atoms with E-state index in [0.717, 1.165) is 12.8 Å². The number of aliphatic hydroxyl groups excluding tert-OH is 1. The second kappa shape index (κ2) is 6.65. The van der Waals surface area contributed by atoms with E-state index in [0.29, 0.717) is 18.4 Å². The van der Waals surface area contributed by atoms with E-state index >= 15 is 0 Å². The normalized spacial score (nSPS) is 10.3. The maximum Gasteiger partial charge on any atom is 0.346 e. The summed E-state index contributed by atoms with van der Waals surface area (Å²) in [4.78, 5) is 19.8. The molecule has 1 N–H and O–H groups in total. The molecule has 0 atom stereocenters. The molecular formula is C11H14N2O5. The van der Waals surface area contributed by atoms with Crippen molar-refractivity contribution in [2.75, 3.05) is 6.61 Å². The highest BCUT2D eigenvalue weighted by atomic mass is 16.6. The van der Waals surface area contributed by atoms with E-state index in [1.165, 1.54) is 18.2 Å². The minimum Gasteiger partial charge on any atom is -0.396 e. The van der Waals surface area contributed by atoms with Gasteiger partial charge in [0.15, 0.2) is 0 Å². The van der Waals surface area contributed by atoms with Gasteiger partial charge in [-0.15, -0.1) is 0 Å². The fourth-order valence-electron chi connectivity index (χ4n) is 1.64. The molecule has 0 saturated carbocycles. The Hall–Kier alpha value is -2.02. The average molecular weight is 254 g/mol. The molecular weight excluding hydrogens is 240 g/mol. The lowest BCUT2D eigenvalue weighted by atomic mass is 10.1. The van der Waals surface area contributed by atoms with Gasteiger partial charge in [-0.05, 0) is 24.8 Å². The lowest BCUT2D eigenvalue weighted by Crippen LogP contribution is -1.98. The van der Waals surface area contributed by atoms with Crippen LogP contribution in [0.2, 0.25) is 0 Å². The molecule has 1 aromatic carbocycles. The highest BCUT2D eigenvalue weighted by Crippen LogP contribution is 2.28. The maximum atomic E-state index is 10.7. The summed E-state index contributed by atoms with van der Waals surface area (Å²) in [5.74, 6) is 0. The van der Waals surface area contributed by atoms with Crippen LogP contribution >= 0.6 is 0 Å². The first kappa shape index (κ1) is 14.0. The van der Waals surface area contributed by atoms with E-state index in [2.05, 4.69) is 0 Å². The number of unbranched alkanes of at least 4 members (excludes halogenated alkanes) is 2. The predicted octanol–water partition coefficient (Wildman–Crippen LogP) is 2.21. The molecule has 1 rings (SSSR count). The number of aryl methyl sites for hydroxylation is 1. The molecule has 0 aliphatic rings. The number of nitro groups is 2. The minimum atomic E-state index is -0.756. The highest BCUT2D eigenvalue weighted by Gasteiger charge is 2.23. The first-order chi connectivity index (χ1) is 8.56. The summed E-state index contributed by atoms with van der Waals surface area (Å²) in [6.45, 7) is 0.125. The summed E-state index contributed by atoms with van der Waals surface area (Å²) in [7, 11) is 0. The van der Waals surface area contributed by atoms with E-state index in [-0.39, 0.29) is 6.61 Å². The van der Waals surface area contributed by atoms with Crippen LogP contribution < -0.4 is 0 Å². The van der Waals surface area contributed by atoms with E-state index in [1.54, 1.807) is 0 Å². The Balaban J connectivity index is 2.80. The Labute approximate surface area is 103 Å². The van der Waals surface area contributed by atoms with Crippen LogP contribution in [0.1, 0.15) is 24.8 Å². The summed E-state index contributed by atoms with van der Waals surface area (Å²) in [6.07, 6.45) is 2.91. The van der Waals surface area contributed by atoms with Crippen LogP contribution in [-0.2, 0) is 6.42 Å². The summed E-state index contributed by atoms with van der Waals surface area (Å²) >= 11 is 0. The summed E-state index contributed by atoms with van der Waals surface area (Å²) < 4.78 is 0. The summed E-state index contributed by atoms with van der Waals surface area (Å²) in [6, 6.07) is 3.95. The Morgan fingerprint density at radius 3 is 2.22 bits per heavy atom. The van der Waals surface area contributed by atoms with Crippen molar-refractivity contribution in [2.45, 2.75) is 25.7 Å². The smallest absolute Gasteiger partial charge is 0.346 e. The van der Waals surface area contributed by atoms with Crippen LogP contribution in [0.5, 0.6) is 0 Å². The van der Waals surface area contributed by atoms with Gasteiger partial charge >= 0.3 is 11.4 Å². The third-order valence-corrected chi connectivity index (χ3v) is 2.56. The van der Waals surface area contributed by atoms with E-state index in [4.69, 9.17) is 5.11 Å². The van der Waals surface area contributed by atoms with Gasteiger partial charge in [0.25, 0.3) is 0 Å². The first-order valence-corrected chi connectivity index (χ1v) is 5.59. The van der Waals surface area contributed by atoms with Crippen molar-refractivity contribution in [1.82, 2.24) is 0 Å². The lowest BCUT2D eigenvalue weighted by Gasteiger charge is -2.01. The second-order valence-electron chi connectivity index (χ2n) is 3.87. The van der Waals surface area contributed by atoms with Crippen molar-refractivity contribution >= 4 is 11.4 Å². The van der Waals surface area contributed by atoms with Gasteiger partial charge in [0.1, 0.15) is 0 Å². The van der Waals surface area contributed by atoms with E-state index in [1.807, 2.05) is 0 Å². The number of aliphatic hydroxyl groups is 1. The Bertz CT molecular complexity index is 447. The van der Waals surface area contributed by atoms with Crippen LogP contribution in [0.25, 0.3) is 0 Å². The Morgan fingerprint density at radius 2 is 1.67 bits per heavy atom. The van der Waals surface area contributed by atoms with Crippen LogP contribution in [0.15, 0.2) is 18.2 Å². The largest absolute Gasteiger partial charge is 0.396 e. The van der Waals surface area contributed by atoms with Crippen molar-refractivity contribution in [1.29, 1.82) is 0 Å². The van der Waals surface area contributed by atoms with Crippen LogP contribution in [-0.4, -0.2) is 21.6 Å². The first-order valence-electron chi connectivity index (χ1n) is 5.59. The fourth-order valence-corrected chi connectivity index (χ4v) is 1.64. The number of hydrogen-bond donors (Lipinski definition) is 1. The molecule has 0 fully saturated rings. The van der Waals surface area contributed by atoms with Crippen LogP contribution in [0, 0.1) is 20.2 Å². The van der Waals surface area contributed by atoms with Gasteiger partial charge in [0, 0.05) is 18.7 Å². The SMILES string of the molecule is O=[N+]([O-])c1ccc(CCCCCO)cc1[N+](=O)[O-]. The van der Waals surface area contributed by atoms with E-state index in [9.17, 15) is 20.2 Å². The highest BCUT2D eigenvalue weighted by molar-refractivity contribution is 5.54. The molecule has 98 valence electrons. The number of hydrogen-bond acceptors (Lipinski definition) is 5. The Morgan fingerprint density at radius 1 is 1.00 bits per heavy atom. The van der Waals surface area contributed by atoms with Crippen molar-refractivity contribution < 1.29 is 15.0 Å². The molecule has 0 spiro atoms. The molecule has 0 aromatic heterocycles. The van der Waals surface area contributed by atoms with Gasteiger partial charge < -0.3 is 5.11 Å². The zero-order chi connectivity index (χ0) is 13.5. The van der Waals surface area contributed by atoms with Gasteiger partial charge in [-0.2, -0.15) is 0 Å². The predicted molar refractivity (Wildman–Crippen MR) is 64.4 cm³/mol. The van der Waals surface area contributed by atoms with Crippen LogP contribution in [0.3, 0.4) is 0 Å². The minimum absolute atomic E-state index is 0.125. The molecule has 0 saturated heterocycles. The third-order valence-electron chi connectivity index (χ3n) is 2.56. The zero-order valence-electron chi connectivity index (χ0n) is 9.74. The molecule has 18 heavy (non-hydrogen) atoms. The zero-order valence-corrected chi connectivity index (χ0v) is 9.74. The molecule has 7 nitrogen and oxygen atoms in total. The summed E-state index contributed by atoms with van der Waals surface area (Å²) in [5.41, 5.74) is -0.260. The van der Waals surface area contributed by atoms with Crippen LogP contribution in [0.4, 0.5) is 11.4 Å². The molecule has 0 unspecified atom stereocenters. The number of benzene rings is 1. The fraction of sp³-hybridized carbons (Fsp3) is 0.455. The second-order valence-corrected chi connectivity index (χ2v) is 3.87. The van der Waals surface area contributed by atoms with Gasteiger partial charge in [-0.3, -0.25) is 20.2 Å². The van der Waals surface area contributed by atoms with E-state index < -0.39 is 21.2 Å². The van der Waals surface area contributed by atoms with Crippen molar-refractivity contribution in [2.24, 2.45) is 0 Å². The average Bonchev–Trinajstić information content (AvgIpc) is 2.34. The number of nitro benzene ring substituents is 2. The van der Waals surface area contributed by atoms with Gasteiger partial charge in [0.2, 0.25) is 0 Å². The molecule has 0 radical (unpaired) electrons. The molecule has 1 aromatic rings. The molecule has 0 amide bonds. The van der Waals surface area contributed by atoms with Gasteiger partial charge in [-0.25, -0.2) is 0 Å². The van der Waals surface area contributed by atoms with Crippen molar-refractivity contribution in [3.63, 3.8) is 0 Å². The van der Waals surface area contributed by atoms with Gasteiger partial charge in [0.05, 0.1) is 9.85 Å². The Kier molecular flexibility index (Phi) is 5.19. The molecule has 0 aliphatic carbocycles. The number of rotatable bonds is 7. The monoisotopic (exact) mass is 254 g/mol. The van der Waals surface area contributed by atoms with Gasteiger partial charge in [-0.1, -0.05) is 12.5 Å². The summed E-state index contributed by atoms with van der Waals surface area (Å²) in [5, 5.41) is 29.9.